The van der Waals surface area contributed by atoms with Crippen molar-refractivity contribution in [1.82, 2.24) is 25.0 Å². The predicted octanol–water partition coefficient (Wildman–Crippen LogP) is 6.42. The van der Waals surface area contributed by atoms with Gasteiger partial charge < -0.3 is 10.2 Å². The number of carbonyl (C=O) groups excluding carboxylic acids is 1. The topological polar surface area (TPSA) is 63.1 Å². The van der Waals surface area contributed by atoms with Gasteiger partial charge in [-0.2, -0.15) is 0 Å². The van der Waals surface area contributed by atoms with Gasteiger partial charge in [-0.25, -0.2) is 4.79 Å². The highest BCUT2D eigenvalue weighted by Crippen LogP contribution is 2.33. The quantitative estimate of drug-likeness (QED) is 0.269. The van der Waals surface area contributed by atoms with Crippen molar-refractivity contribution in [3.8, 4) is 5.69 Å². The summed E-state index contributed by atoms with van der Waals surface area (Å²) in [5.74, 6) is 1.29. The lowest BCUT2D eigenvalue weighted by atomic mass is 10.1. The molecule has 1 N–H and O–H groups in total. The first-order chi connectivity index (χ1) is 16.9. The highest BCUT2D eigenvalue weighted by atomic mass is 35.5. The van der Waals surface area contributed by atoms with Gasteiger partial charge in [-0.15, -0.1) is 10.2 Å². The summed E-state index contributed by atoms with van der Waals surface area (Å²) in [6, 6.07) is 24.8. The molecule has 0 aliphatic carbocycles. The maximum Gasteiger partial charge on any atom is 0.317 e. The van der Waals surface area contributed by atoms with Crippen LogP contribution in [0.1, 0.15) is 23.0 Å². The average Bonchev–Trinajstić information content (AvgIpc) is 3.27. The fourth-order valence-corrected chi connectivity index (χ4v) is 4.95. The van der Waals surface area contributed by atoms with Gasteiger partial charge in [0.2, 0.25) is 0 Å². The minimum absolute atomic E-state index is 0.221. The molecule has 0 saturated carbocycles. The number of carbonyl (C=O) groups is 1. The third kappa shape index (κ3) is 6.36. The Kier molecular flexibility index (Phi) is 8.33. The van der Waals surface area contributed by atoms with Crippen molar-refractivity contribution in [3.05, 3.63) is 106 Å². The summed E-state index contributed by atoms with van der Waals surface area (Å²) in [7, 11) is 3.41. The minimum atomic E-state index is -0.447. The van der Waals surface area contributed by atoms with Gasteiger partial charge in [0.05, 0.1) is 16.8 Å². The number of hydrogen-bond donors (Lipinski definition) is 1. The molecule has 0 radical (unpaired) electrons. The Labute approximate surface area is 219 Å². The van der Waals surface area contributed by atoms with E-state index in [2.05, 4.69) is 27.6 Å². The van der Waals surface area contributed by atoms with Crippen molar-refractivity contribution in [1.29, 1.82) is 0 Å². The lowest BCUT2D eigenvalue weighted by Crippen LogP contribution is -2.39. The van der Waals surface area contributed by atoms with Crippen LogP contribution >= 0.6 is 35.0 Å². The summed E-state index contributed by atoms with van der Waals surface area (Å²) in [4.78, 5) is 14.2. The normalized spacial score (nSPS) is 11.8. The number of halogens is 2. The molecule has 6 nitrogen and oxygen atoms in total. The second-order valence-corrected chi connectivity index (χ2v) is 9.92. The van der Waals surface area contributed by atoms with Gasteiger partial charge in [0, 0.05) is 31.3 Å². The van der Waals surface area contributed by atoms with E-state index in [-0.39, 0.29) is 6.03 Å². The van der Waals surface area contributed by atoms with E-state index >= 15 is 0 Å². The Morgan fingerprint density at radius 3 is 2.26 bits per heavy atom. The molecule has 4 rings (SSSR count). The van der Waals surface area contributed by atoms with Crippen molar-refractivity contribution < 1.29 is 4.79 Å². The molecule has 0 fully saturated rings. The molecule has 0 aliphatic rings. The van der Waals surface area contributed by atoms with Gasteiger partial charge in [-0.05, 0) is 29.3 Å². The van der Waals surface area contributed by atoms with Crippen LogP contribution in [-0.2, 0) is 12.2 Å². The third-order valence-corrected chi connectivity index (χ3v) is 6.86. The summed E-state index contributed by atoms with van der Waals surface area (Å²) >= 11 is 14.4. The monoisotopic (exact) mass is 525 g/mol. The first-order valence-electron chi connectivity index (χ1n) is 11.0. The van der Waals surface area contributed by atoms with E-state index in [1.807, 2.05) is 59.2 Å². The first-order valence-corrected chi connectivity index (χ1v) is 12.8. The van der Waals surface area contributed by atoms with E-state index in [0.29, 0.717) is 38.9 Å². The maximum atomic E-state index is 12.7. The summed E-state index contributed by atoms with van der Waals surface area (Å²) in [6.07, 6.45) is 0.535. The zero-order valence-electron chi connectivity index (χ0n) is 19.4. The number of nitrogens with one attached hydrogen (secondary N) is 1. The van der Waals surface area contributed by atoms with Crippen molar-refractivity contribution in [3.63, 3.8) is 0 Å². The van der Waals surface area contributed by atoms with E-state index < -0.39 is 6.04 Å². The highest BCUT2D eigenvalue weighted by Gasteiger charge is 2.26. The number of nitrogens with zero attached hydrogens (tertiary/aromatic N) is 4. The van der Waals surface area contributed by atoms with Crippen molar-refractivity contribution in [2.45, 2.75) is 23.4 Å². The molecule has 180 valence electrons. The minimum Gasteiger partial charge on any atom is -0.331 e. The maximum absolute atomic E-state index is 12.7. The molecule has 0 bridgehead atoms. The fraction of sp³-hybridized carbons (Fsp3) is 0.192. The lowest BCUT2D eigenvalue weighted by molar-refractivity contribution is 0.212. The van der Waals surface area contributed by atoms with Gasteiger partial charge in [0.25, 0.3) is 0 Å². The van der Waals surface area contributed by atoms with Gasteiger partial charge in [0.1, 0.15) is 0 Å². The Balaban J connectivity index is 1.78. The Hall–Kier alpha value is -3.00. The summed E-state index contributed by atoms with van der Waals surface area (Å²) < 4.78 is 1.91. The molecule has 0 saturated heterocycles. The second kappa shape index (κ2) is 11.6. The van der Waals surface area contributed by atoms with Crippen LogP contribution in [0.3, 0.4) is 0 Å². The molecule has 9 heteroatoms. The van der Waals surface area contributed by atoms with Crippen LogP contribution in [0.5, 0.6) is 0 Å². The van der Waals surface area contributed by atoms with Crippen LogP contribution in [0.4, 0.5) is 4.79 Å². The van der Waals surface area contributed by atoms with Crippen molar-refractivity contribution >= 4 is 41.0 Å². The van der Waals surface area contributed by atoms with Crippen LogP contribution in [0, 0.1) is 0 Å². The van der Waals surface area contributed by atoms with Crippen molar-refractivity contribution in [2.24, 2.45) is 0 Å². The third-order valence-electron chi connectivity index (χ3n) is 5.32. The van der Waals surface area contributed by atoms with Crippen molar-refractivity contribution in [2.75, 3.05) is 14.1 Å². The van der Waals surface area contributed by atoms with Gasteiger partial charge >= 0.3 is 6.03 Å². The number of rotatable bonds is 8. The Morgan fingerprint density at radius 2 is 1.63 bits per heavy atom. The molecular weight excluding hydrogens is 501 g/mol. The van der Waals surface area contributed by atoms with E-state index in [9.17, 15) is 4.79 Å². The molecule has 0 spiro atoms. The number of benzene rings is 3. The van der Waals surface area contributed by atoms with E-state index in [4.69, 9.17) is 23.2 Å². The summed E-state index contributed by atoms with van der Waals surface area (Å²) in [5.41, 5.74) is 2.92. The highest BCUT2D eigenvalue weighted by molar-refractivity contribution is 7.98. The molecule has 1 unspecified atom stereocenters. The molecule has 1 aromatic heterocycles. The second-order valence-electron chi connectivity index (χ2n) is 8.13. The number of aromatic nitrogens is 3. The number of hydrogen-bond acceptors (Lipinski definition) is 4. The zero-order valence-corrected chi connectivity index (χ0v) is 21.7. The molecule has 35 heavy (non-hydrogen) atoms. The number of urea groups is 1. The number of amides is 2. The van der Waals surface area contributed by atoms with Crippen LogP contribution < -0.4 is 5.32 Å². The van der Waals surface area contributed by atoms with Gasteiger partial charge in [0.15, 0.2) is 11.0 Å². The standard InChI is InChI=1S/C26H25Cl2N5OS/c1-32(2)25(34)29-22(15-18-9-5-3-6-10-18)24-30-31-26(35-17-19-11-7-4-8-12-19)33(24)23-14-13-20(27)16-21(23)28/h3-14,16,22H,15,17H2,1-2H3,(H,29,34). The van der Waals surface area contributed by atoms with E-state index in [1.165, 1.54) is 4.90 Å². The predicted molar refractivity (Wildman–Crippen MR) is 142 cm³/mol. The summed E-state index contributed by atoms with van der Waals surface area (Å²) in [5, 5.41) is 13.8. The molecular formula is C26H25Cl2N5OS. The number of thioether (sulfide) groups is 1. The van der Waals surface area contributed by atoms with E-state index in [1.54, 1.807) is 38.0 Å². The molecule has 3 aromatic carbocycles. The van der Waals surface area contributed by atoms with Gasteiger partial charge in [-0.3, -0.25) is 4.57 Å². The molecule has 4 aromatic rings. The molecule has 1 atom stereocenters. The Bertz CT molecular complexity index is 1280. The van der Waals surface area contributed by atoms with Gasteiger partial charge in [-0.1, -0.05) is 95.6 Å². The van der Waals surface area contributed by atoms with Crippen LogP contribution in [0.25, 0.3) is 5.69 Å². The molecule has 2 amide bonds. The molecule has 1 heterocycles. The fourth-order valence-electron chi connectivity index (χ4n) is 3.55. The SMILES string of the molecule is CN(C)C(=O)NC(Cc1ccccc1)c1nnc(SCc2ccccc2)n1-c1ccc(Cl)cc1Cl. The largest absolute Gasteiger partial charge is 0.331 e. The van der Waals surface area contributed by atoms with Crippen LogP contribution in [0.2, 0.25) is 10.0 Å². The van der Waals surface area contributed by atoms with Crippen LogP contribution in [-0.4, -0.2) is 39.8 Å². The summed E-state index contributed by atoms with van der Waals surface area (Å²) in [6.45, 7) is 0. The molecule has 0 aliphatic heterocycles. The first kappa shape index (κ1) is 25.1. The van der Waals surface area contributed by atoms with Crippen LogP contribution in [0.15, 0.2) is 84.0 Å². The van der Waals surface area contributed by atoms with E-state index in [0.717, 1.165) is 11.1 Å². The average molecular weight is 526 g/mol. The smallest absolute Gasteiger partial charge is 0.317 e. The zero-order chi connectivity index (χ0) is 24.8. The Morgan fingerprint density at radius 1 is 0.971 bits per heavy atom. The lowest BCUT2D eigenvalue weighted by Gasteiger charge is -2.22.